The molecule has 5 heteroatoms. The van der Waals surface area contributed by atoms with Gasteiger partial charge >= 0.3 is 0 Å². The van der Waals surface area contributed by atoms with Crippen LogP contribution in [0, 0.1) is 23.2 Å². The largest absolute Gasteiger partial charge is 0.315 e. The molecule has 0 aromatic carbocycles. The van der Waals surface area contributed by atoms with Crippen molar-refractivity contribution in [3.63, 3.8) is 0 Å². The normalized spacial score (nSPS) is 30.9. The Balaban J connectivity index is 1.83. The summed E-state index contributed by atoms with van der Waals surface area (Å²) in [4.78, 5) is 12.5. The number of hydrogen-bond acceptors (Lipinski definition) is 3. The van der Waals surface area contributed by atoms with Crippen molar-refractivity contribution in [2.24, 2.45) is 33.2 Å². The molecule has 0 N–H and O–H groups in total. The summed E-state index contributed by atoms with van der Waals surface area (Å²) in [5.74, 6) is 3.18. The molecule has 3 fully saturated rings. The molecule has 0 aliphatic heterocycles. The van der Waals surface area contributed by atoms with Crippen LogP contribution < -0.4 is 0 Å². The van der Waals surface area contributed by atoms with Crippen molar-refractivity contribution in [1.29, 1.82) is 0 Å². The van der Waals surface area contributed by atoms with Crippen molar-refractivity contribution >= 4 is 29.3 Å². The third kappa shape index (κ3) is 2.24. The molecule has 21 heavy (non-hydrogen) atoms. The van der Waals surface area contributed by atoms with Gasteiger partial charge < -0.3 is 4.57 Å². The highest BCUT2D eigenvalue weighted by molar-refractivity contribution is 6.69. The maximum atomic E-state index is 6.10. The summed E-state index contributed by atoms with van der Waals surface area (Å²) in [5, 5.41) is 0.392. The van der Waals surface area contributed by atoms with Crippen LogP contribution >= 0.6 is 11.6 Å². The zero-order chi connectivity index (χ0) is 15.2. The van der Waals surface area contributed by atoms with E-state index in [0.29, 0.717) is 22.2 Å². The van der Waals surface area contributed by atoms with E-state index in [-0.39, 0.29) is 0 Å². The van der Waals surface area contributed by atoms with Crippen LogP contribution in [0.5, 0.6) is 0 Å². The Bertz CT molecular complexity index is 585. The average molecular weight is 307 g/mol. The van der Waals surface area contributed by atoms with E-state index in [9.17, 15) is 0 Å². The Morgan fingerprint density at radius 2 is 2.29 bits per heavy atom. The van der Waals surface area contributed by atoms with Gasteiger partial charge in [-0.05, 0) is 49.1 Å². The highest BCUT2D eigenvalue weighted by Crippen LogP contribution is 2.61. The maximum absolute atomic E-state index is 6.10. The second kappa shape index (κ2) is 5.24. The van der Waals surface area contributed by atoms with Crippen molar-refractivity contribution in [2.75, 3.05) is 7.05 Å². The van der Waals surface area contributed by atoms with Gasteiger partial charge in [0.2, 0.25) is 0 Å². The first-order chi connectivity index (χ1) is 9.98. The number of hydrogen-bond donors (Lipinski definition) is 0. The summed E-state index contributed by atoms with van der Waals surface area (Å²) in [6, 6.07) is 0. The van der Waals surface area contributed by atoms with Crippen LogP contribution in [0.15, 0.2) is 16.3 Å². The molecule has 0 spiro atoms. The smallest absolute Gasteiger partial charge is 0.162 e. The molecule has 4 nitrogen and oxygen atoms in total. The summed E-state index contributed by atoms with van der Waals surface area (Å²) >= 11 is 6.10. The lowest BCUT2D eigenvalue weighted by Gasteiger charge is -2.60. The van der Waals surface area contributed by atoms with Gasteiger partial charge in [0.15, 0.2) is 11.0 Å². The number of nitrogens with zero attached hydrogens (tertiary/aromatic N) is 4. The fraction of sp³-hybridized carbons (Fsp3) is 0.688. The number of halogens is 1. The number of fused-ring (bicyclic) bond motifs is 2. The van der Waals surface area contributed by atoms with E-state index in [1.807, 2.05) is 6.33 Å². The molecule has 3 saturated carbocycles. The SMILES string of the molecule is C=Nc1c(C(Cl)=NC)ncn1CC1CCC2CC1C2(C)C. The zero-order valence-electron chi connectivity index (χ0n) is 13.0. The molecule has 1 aromatic rings. The Labute approximate surface area is 131 Å². The quantitative estimate of drug-likeness (QED) is 0.778. The molecular weight excluding hydrogens is 284 g/mol. The number of aromatic nitrogens is 2. The Morgan fingerprint density at radius 1 is 1.52 bits per heavy atom. The first-order valence-corrected chi connectivity index (χ1v) is 8.01. The second-order valence-corrected chi connectivity index (χ2v) is 7.30. The van der Waals surface area contributed by atoms with Crippen LogP contribution in [0.1, 0.15) is 38.8 Å². The lowest BCUT2D eigenvalue weighted by atomic mass is 9.45. The predicted octanol–water partition coefficient (Wildman–Crippen LogP) is 3.90. The maximum Gasteiger partial charge on any atom is 0.162 e. The van der Waals surface area contributed by atoms with Crippen LogP contribution in [0.4, 0.5) is 5.82 Å². The molecule has 0 saturated heterocycles. The molecule has 3 atom stereocenters. The number of aliphatic imine (C=N–C) groups is 2. The van der Waals surface area contributed by atoms with Gasteiger partial charge in [0.05, 0.1) is 6.33 Å². The van der Waals surface area contributed by atoms with Crippen LogP contribution in [-0.4, -0.2) is 28.5 Å². The molecule has 0 radical (unpaired) electrons. The van der Waals surface area contributed by atoms with Crippen LogP contribution in [0.3, 0.4) is 0 Å². The van der Waals surface area contributed by atoms with Crippen LogP contribution in [0.2, 0.25) is 0 Å². The average Bonchev–Trinajstić information content (AvgIpc) is 2.89. The molecule has 2 bridgehead atoms. The van der Waals surface area contributed by atoms with Crippen molar-refractivity contribution in [3.8, 4) is 0 Å². The Morgan fingerprint density at radius 3 is 2.86 bits per heavy atom. The first kappa shape index (κ1) is 14.8. The lowest BCUT2D eigenvalue weighted by molar-refractivity contribution is -0.108. The van der Waals surface area contributed by atoms with E-state index in [4.69, 9.17) is 11.6 Å². The molecule has 4 rings (SSSR count). The molecule has 0 amide bonds. The summed E-state index contributed by atoms with van der Waals surface area (Å²) in [6.07, 6.45) is 5.86. The topological polar surface area (TPSA) is 42.5 Å². The van der Waals surface area contributed by atoms with Gasteiger partial charge in [0.25, 0.3) is 0 Å². The molecule has 1 aromatic heterocycles. The second-order valence-electron chi connectivity index (χ2n) is 6.94. The van der Waals surface area contributed by atoms with Gasteiger partial charge in [0, 0.05) is 13.6 Å². The third-order valence-corrected chi connectivity index (χ3v) is 6.13. The van der Waals surface area contributed by atoms with E-state index in [1.165, 1.54) is 19.3 Å². The highest BCUT2D eigenvalue weighted by Gasteiger charge is 2.54. The van der Waals surface area contributed by atoms with Gasteiger partial charge in [-0.1, -0.05) is 25.4 Å². The Hall–Kier alpha value is -1.16. The van der Waals surface area contributed by atoms with Gasteiger partial charge in [-0.2, -0.15) is 0 Å². The molecular formula is C16H23ClN4. The standard InChI is InChI=1S/C16H23ClN4/c1-16(2)11-6-5-10(12(16)7-11)8-21-9-20-13(14(17)18-3)15(21)19-4/h9-12H,4-8H2,1-3H3. The van der Waals surface area contributed by atoms with E-state index >= 15 is 0 Å². The van der Waals surface area contributed by atoms with Crippen molar-refractivity contribution in [3.05, 3.63) is 12.0 Å². The van der Waals surface area contributed by atoms with E-state index in [0.717, 1.165) is 24.2 Å². The van der Waals surface area contributed by atoms with Gasteiger partial charge in [-0.3, -0.25) is 4.99 Å². The fourth-order valence-corrected chi connectivity index (χ4v) is 4.49. The summed E-state index contributed by atoms with van der Waals surface area (Å²) < 4.78 is 2.09. The highest BCUT2D eigenvalue weighted by atomic mass is 35.5. The van der Waals surface area contributed by atoms with E-state index in [1.54, 1.807) is 7.05 Å². The van der Waals surface area contributed by atoms with Crippen LogP contribution in [0.25, 0.3) is 0 Å². The molecule has 114 valence electrons. The molecule has 3 aliphatic rings. The van der Waals surface area contributed by atoms with E-state index < -0.39 is 0 Å². The minimum atomic E-state index is 0.392. The molecule has 1 heterocycles. The number of imidazole rings is 1. The minimum Gasteiger partial charge on any atom is -0.315 e. The van der Waals surface area contributed by atoms with Crippen LogP contribution in [-0.2, 0) is 6.54 Å². The molecule has 3 aliphatic carbocycles. The van der Waals surface area contributed by atoms with Gasteiger partial charge in [-0.25, -0.2) is 9.98 Å². The van der Waals surface area contributed by atoms with Gasteiger partial charge in [-0.15, -0.1) is 0 Å². The zero-order valence-corrected chi connectivity index (χ0v) is 13.8. The summed E-state index contributed by atoms with van der Waals surface area (Å²) in [7, 11) is 1.66. The fourth-order valence-electron chi connectivity index (χ4n) is 4.36. The van der Waals surface area contributed by atoms with Crippen molar-refractivity contribution in [1.82, 2.24) is 9.55 Å². The predicted molar refractivity (Wildman–Crippen MR) is 87.9 cm³/mol. The van der Waals surface area contributed by atoms with Crippen molar-refractivity contribution < 1.29 is 0 Å². The molecule has 3 unspecified atom stereocenters. The third-order valence-electron chi connectivity index (χ3n) is 5.78. The monoisotopic (exact) mass is 306 g/mol. The summed E-state index contributed by atoms with van der Waals surface area (Å²) in [5.41, 5.74) is 1.13. The van der Waals surface area contributed by atoms with Gasteiger partial charge in [0.1, 0.15) is 5.69 Å². The minimum absolute atomic E-state index is 0.392. The number of rotatable bonds is 4. The lowest BCUT2D eigenvalue weighted by Crippen LogP contribution is -2.53. The summed E-state index contributed by atoms with van der Waals surface area (Å²) in [6.45, 7) is 9.46. The Kier molecular flexibility index (Phi) is 3.68. The van der Waals surface area contributed by atoms with Crippen molar-refractivity contribution in [2.45, 2.75) is 39.7 Å². The van der Waals surface area contributed by atoms with E-state index in [2.05, 4.69) is 40.1 Å². The first-order valence-electron chi connectivity index (χ1n) is 7.63.